The maximum atomic E-state index is 8.91. The smallest absolute Gasteiger partial charge is 0.173 e. The van der Waals surface area contributed by atoms with Crippen molar-refractivity contribution >= 4 is 11.7 Å². The monoisotopic (exact) mass is 262 g/mol. The Balaban J connectivity index is 2.44. The highest BCUT2D eigenvalue weighted by atomic mass is 16.4. The minimum Gasteiger partial charge on any atom is -0.409 e. The first-order valence-corrected chi connectivity index (χ1v) is 6.75. The lowest BCUT2D eigenvalue weighted by Crippen LogP contribution is -2.42. The Morgan fingerprint density at radius 2 is 2.16 bits per heavy atom. The second-order valence-corrected chi connectivity index (χ2v) is 5.49. The van der Waals surface area contributed by atoms with Crippen LogP contribution in [0.15, 0.2) is 17.3 Å². The highest BCUT2D eigenvalue weighted by Crippen LogP contribution is 2.28. The van der Waals surface area contributed by atoms with E-state index >= 15 is 0 Å². The zero-order valence-electron chi connectivity index (χ0n) is 11.8. The molecule has 1 fully saturated rings. The summed E-state index contributed by atoms with van der Waals surface area (Å²) in [6.07, 6.45) is 2.38. The SMILES string of the molecule is Cc1ccc(C(N)=NO)c(N2CC(C)CCC2C)n1. The maximum Gasteiger partial charge on any atom is 0.173 e. The fourth-order valence-electron chi connectivity index (χ4n) is 2.60. The van der Waals surface area contributed by atoms with E-state index in [1.54, 1.807) is 0 Å². The molecular weight excluding hydrogens is 240 g/mol. The van der Waals surface area contributed by atoms with Gasteiger partial charge in [0.25, 0.3) is 0 Å². The van der Waals surface area contributed by atoms with Gasteiger partial charge >= 0.3 is 0 Å². The summed E-state index contributed by atoms with van der Waals surface area (Å²) >= 11 is 0. The van der Waals surface area contributed by atoms with E-state index in [1.807, 2.05) is 19.1 Å². The Morgan fingerprint density at radius 1 is 1.42 bits per heavy atom. The number of piperidine rings is 1. The minimum absolute atomic E-state index is 0.118. The predicted molar refractivity (Wildman–Crippen MR) is 76.7 cm³/mol. The molecular formula is C14H22N4O. The van der Waals surface area contributed by atoms with Crippen molar-refractivity contribution in [1.82, 2.24) is 4.98 Å². The lowest BCUT2D eigenvalue weighted by atomic mass is 9.94. The van der Waals surface area contributed by atoms with Gasteiger partial charge in [0.2, 0.25) is 0 Å². The molecule has 0 aromatic carbocycles. The molecule has 19 heavy (non-hydrogen) atoms. The molecule has 1 aliphatic rings. The van der Waals surface area contributed by atoms with E-state index in [-0.39, 0.29) is 5.84 Å². The van der Waals surface area contributed by atoms with Gasteiger partial charge in [0.15, 0.2) is 5.84 Å². The summed E-state index contributed by atoms with van der Waals surface area (Å²) in [4.78, 5) is 6.88. The summed E-state index contributed by atoms with van der Waals surface area (Å²) in [6.45, 7) is 7.37. The largest absolute Gasteiger partial charge is 0.409 e. The van der Waals surface area contributed by atoms with Crippen LogP contribution in [-0.2, 0) is 0 Å². The van der Waals surface area contributed by atoms with Gasteiger partial charge in [0, 0.05) is 18.3 Å². The van der Waals surface area contributed by atoms with Crippen molar-refractivity contribution in [3.8, 4) is 0 Å². The first kappa shape index (κ1) is 13.6. The standard InChI is InChI=1S/C14H22N4O/c1-9-4-6-11(3)18(8-9)14-12(13(15)17-19)7-5-10(2)16-14/h5,7,9,11,19H,4,6,8H2,1-3H3,(H2,15,17). The number of anilines is 1. The van der Waals surface area contributed by atoms with Gasteiger partial charge in [-0.3, -0.25) is 0 Å². The maximum absolute atomic E-state index is 8.91. The average Bonchev–Trinajstić information content (AvgIpc) is 2.40. The summed E-state index contributed by atoms with van der Waals surface area (Å²) in [6, 6.07) is 4.18. The average molecular weight is 262 g/mol. The van der Waals surface area contributed by atoms with Crippen molar-refractivity contribution < 1.29 is 5.21 Å². The van der Waals surface area contributed by atoms with Crippen LogP contribution >= 0.6 is 0 Å². The van der Waals surface area contributed by atoms with Crippen LogP contribution in [0.2, 0.25) is 0 Å². The van der Waals surface area contributed by atoms with E-state index in [4.69, 9.17) is 10.9 Å². The Morgan fingerprint density at radius 3 is 2.84 bits per heavy atom. The number of oxime groups is 1. The van der Waals surface area contributed by atoms with Crippen LogP contribution in [0.4, 0.5) is 5.82 Å². The zero-order valence-corrected chi connectivity index (χ0v) is 11.8. The van der Waals surface area contributed by atoms with Crippen LogP contribution in [0.25, 0.3) is 0 Å². The molecule has 2 unspecified atom stereocenters. The third-order valence-corrected chi connectivity index (χ3v) is 3.79. The Kier molecular flexibility index (Phi) is 3.93. The van der Waals surface area contributed by atoms with E-state index in [9.17, 15) is 0 Å². The van der Waals surface area contributed by atoms with E-state index in [0.717, 1.165) is 24.5 Å². The summed E-state index contributed by atoms with van der Waals surface area (Å²) in [5, 5.41) is 12.0. The highest BCUT2D eigenvalue weighted by molar-refractivity contribution is 6.01. The lowest BCUT2D eigenvalue weighted by Gasteiger charge is -2.38. The highest BCUT2D eigenvalue weighted by Gasteiger charge is 2.26. The fraction of sp³-hybridized carbons (Fsp3) is 0.571. The van der Waals surface area contributed by atoms with E-state index in [0.29, 0.717) is 17.5 Å². The third-order valence-electron chi connectivity index (χ3n) is 3.79. The molecule has 5 nitrogen and oxygen atoms in total. The van der Waals surface area contributed by atoms with E-state index < -0.39 is 0 Å². The van der Waals surface area contributed by atoms with Crippen LogP contribution < -0.4 is 10.6 Å². The van der Waals surface area contributed by atoms with Crippen molar-refractivity contribution in [2.24, 2.45) is 16.8 Å². The third kappa shape index (κ3) is 2.80. The molecule has 2 rings (SSSR count). The molecule has 0 bridgehead atoms. The number of amidine groups is 1. The van der Waals surface area contributed by atoms with Crippen LogP contribution in [0.3, 0.4) is 0 Å². The number of hydrogen-bond acceptors (Lipinski definition) is 4. The Hall–Kier alpha value is -1.78. The van der Waals surface area contributed by atoms with Crippen LogP contribution in [-0.4, -0.2) is 28.6 Å². The summed E-state index contributed by atoms with van der Waals surface area (Å²) in [7, 11) is 0. The van der Waals surface area contributed by atoms with Gasteiger partial charge in [-0.15, -0.1) is 0 Å². The van der Waals surface area contributed by atoms with Gasteiger partial charge in [0.05, 0.1) is 5.56 Å². The normalized spacial score (nSPS) is 24.6. The Bertz CT molecular complexity index is 486. The summed E-state index contributed by atoms with van der Waals surface area (Å²) < 4.78 is 0. The molecule has 2 atom stereocenters. The first-order valence-electron chi connectivity index (χ1n) is 6.75. The van der Waals surface area contributed by atoms with E-state index in [2.05, 4.69) is 28.9 Å². The molecule has 1 aromatic heterocycles. The molecule has 0 spiro atoms. The summed E-state index contributed by atoms with van der Waals surface area (Å²) in [5.74, 6) is 1.58. The van der Waals surface area contributed by atoms with Crippen molar-refractivity contribution in [1.29, 1.82) is 0 Å². The predicted octanol–water partition coefficient (Wildman–Crippen LogP) is 2.11. The van der Waals surface area contributed by atoms with Crippen LogP contribution in [0.1, 0.15) is 37.9 Å². The zero-order chi connectivity index (χ0) is 14.0. The van der Waals surface area contributed by atoms with Crippen molar-refractivity contribution in [2.75, 3.05) is 11.4 Å². The molecule has 0 aliphatic carbocycles. The molecule has 2 heterocycles. The molecule has 0 radical (unpaired) electrons. The molecule has 0 amide bonds. The molecule has 1 saturated heterocycles. The molecule has 3 N–H and O–H groups in total. The van der Waals surface area contributed by atoms with Gasteiger partial charge in [-0.05, 0) is 44.7 Å². The first-order chi connectivity index (χ1) is 9.02. The molecule has 104 valence electrons. The van der Waals surface area contributed by atoms with Crippen LogP contribution in [0, 0.1) is 12.8 Å². The van der Waals surface area contributed by atoms with E-state index in [1.165, 1.54) is 6.42 Å². The lowest BCUT2D eigenvalue weighted by molar-refractivity contribution is 0.318. The quantitative estimate of drug-likeness (QED) is 0.370. The number of aryl methyl sites for hydroxylation is 1. The number of nitrogens with zero attached hydrogens (tertiary/aromatic N) is 3. The molecule has 0 saturated carbocycles. The Labute approximate surface area is 114 Å². The minimum atomic E-state index is 0.118. The van der Waals surface area contributed by atoms with Gasteiger partial charge < -0.3 is 15.8 Å². The molecule has 1 aliphatic heterocycles. The number of pyridine rings is 1. The van der Waals surface area contributed by atoms with Crippen molar-refractivity contribution in [3.63, 3.8) is 0 Å². The summed E-state index contributed by atoms with van der Waals surface area (Å²) in [5.41, 5.74) is 7.41. The molecule has 5 heteroatoms. The van der Waals surface area contributed by atoms with Crippen molar-refractivity contribution in [3.05, 3.63) is 23.4 Å². The van der Waals surface area contributed by atoms with Crippen molar-refractivity contribution in [2.45, 2.75) is 39.7 Å². The fourth-order valence-corrected chi connectivity index (χ4v) is 2.60. The van der Waals surface area contributed by atoms with Gasteiger partial charge in [-0.25, -0.2) is 4.98 Å². The number of rotatable bonds is 2. The molecule has 1 aromatic rings. The van der Waals surface area contributed by atoms with Gasteiger partial charge in [-0.2, -0.15) is 0 Å². The van der Waals surface area contributed by atoms with Gasteiger partial charge in [-0.1, -0.05) is 12.1 Å². The second kappa shape index (κ2) is 5.47. The second-order valence-electron chi connectivity index (χ2n) is 5.49. The topological polar surface area (TPSA) is 74.7 Å². The number of hydrogen-bond donors (Lipinski definition) is 2. The van der Waals surface area contributed by atoms with Gasteiger partial charge in [0.1, 0.15) is 5.82 Å². The number of nitrogens with two attached hydrogens (primary N) is 1. The number of aromatic nitrogens is 1. The van der Waals surface area contributed by atoms with Crippen LogP contribution in [0.5, 0.6) is 0 Å².